The lowest BCUT2D eigenvalue weighted by molar-refractivity contribution is 0.543. The fraction of sp³-hybridized carbons (Fsp3) is 0.0588. The van der Waals surface area contributed by atoms with Crippen LogP contribution in [0.25, 0.3) is 11.0 Å². The molecule has 0 aliphatic heterocycles. The van der Waals surface area contributed by atoms with Crippen molar-refractivity contribution in [2.24, 2.45) is 10.7 Å². The van der Waals surface area contributed by atoms with Gasteiger partial charge in [0.1, 0.15) is 16.4 Å². The van der Waals surface area contributed by atoms with Crippen LogP contribution in [-0.2, 0) is 0 Å². The Labute approximate surface area is 142 Å². The lowest BCUT2D eigenvalue weighted by Gasteiger charge is -2.04. The number of fused-ring (bicyclic) bond motifs is 1. The molecule has 23 heavy (non-hydrogen) atoms. The number of hydrogen-bond donors (Lipinski definition) is 1. The van der Waals surface area contributed by atoms with E-state index in [4.69, 9.17) is 34.0 Å². The van der Waals surface area contributed by atoms with E-state index >= 15 is 0 Å². The van der Waals surface area contributed by atoms with E-state index in [1.165, 1.54) is 6.07 Å². The topological polar surface area (TPSA) is 51.5 Å². The first kappa shape index (κ1) is 15.6. The zero-order valence-electron chi connectivity index (χ0n) is 12.1. The van der Waals surface area contributed by atoms with Crippen LogP contribution in [0.2, 0.25) is 5.02 Å². The fourth-order valence-electron chi connectivity index (χ4n) is 2.13. The van der Waals surface area contributed by atoms with E-state index in [-0.39, 0.29) is 16.4 Å². The summed E-state index contributed by atoms with van der Waals surface area (Å²) in [7, 11) is 0. The third-order valence-electron chi connectivity index (χ3n) is 3.36. The molecule has 0 aliphatic rings. The SMILES string of the molecule is Cc1ccc(N=c2oc3ccc(Cl)cc3cc2C(N)=S)cc1F. The molecule has 6 heteroatoms. The quantitative estimate of drug-likeness (QED) is 0.700. The Morgan fingerprint density at radius 1 is 1.22 bits per heavy atom. The highest BCUT2D eigenvalue weighted by atomic mass is 35.5. The predicted octanol–water partition coefficient (Wildman–Crippen LogP) is 4.40. The maximum Gasteiger partial charge on any atom is 0.230 e. The molecule has 3 rings (SSSR count). The smallest absolute Gasteiger partial charge is 0.230 e. The molecule has 0 aliphatic carbocycles. The summed E-state index contributed by atoms with van der Waals surface area (Å²) in [6, 6.07) is 11.6. The molecule has 3 aromatic rings. The second-order valence-electron chi connectivity index (χ2n) is 5.06. The zero-order valence-corrected chi connectivity index (χ0v) is 13.7. The number of nitrogens with zero attached hydrogens (tertiary/aromatic N) is 1. The van der Waals surface area contributed by atoms with Gasteiger partial charge in [0, 0.05) is 10.4 Å². The van der Waals surface area contributed by atoms with Crippen molar-refractivity contribution in [3.05, 3.63) is 70.0 Å². The van der Waals surface area contributed by atoms with E-state index in [0.717, 1.165) is 5.39 Å². The Kier molecular flexibility index (Phi) is 4.15. The van der Waals surface area contributed by atoms with Crippen LogP contribution in [0.1, 0.15) is 11.1 Å². The molecule has 0 spiro atoms. The highest BCUT2D eigenvalue weighted by Crippen LogP contribution is 2.20. The van der Waals surface area contributed by atoms with E-state index in [0.29, 0.717) is 27.4 Å². The first-order chi connectivity index (χ1) is 10.9. The number of benzene rings is 2. The standard InChI is InChI=1S/C17H12ClFN2OS/c1-9-2-4-12(8-14(9)19)21-17-13(16(20)23)7-10-6-11(18)3-5-15(10)22-17/h2-8H,1H3,(H2,20,23). The second kappa shape index (κ2) is 6.10. The number of thiocarbonyl (C=S) groups is 1. The first-order valence-corrected chi connectivity index (χ1v) is 7.57. The maximum atomic E-state index is 13.7. The largest absolute Gasteiger partial charge is 0.438 e. The molecular weight excluding hydrogens is 335 g/mol. The monoisotopic (exact) mass is 346 g/mol. The van der Waals surface area contributed by atoms with Gasteiger partial charge < -0.3 is 10.2 Å². The number of aryl methyl sites for hydroxylation is 1. The molecular formula is C17H12ClFN2OS. The van der Waals surface area contributed by atoms with Crippen molar-refractivity contribution in [3.8, 4) is 0 Å². The zero-order chi connectivity index (χ0) is 16.6. The summed E-state index contributed by atoms with van der Waals surface area (Å²) in [6.07, 6.45) is 0. The number of nitrogens with two attached hydrogens (primary N) is 1. The van der Waals surface area contributed by atoms with E-state index in [1.54, 1.807) is 43.3 Å². The van der Waals surface area contributed by atoms with Crippen LogP contribution in [-0.4, -0.2) is 4.99 Å². The Balaban J connectivity index is 2.27. The average molecular weight is 347 g/mol. The molecule has 0 saturated carbocycles. The molecule has 2 N–H and O–H groups in total. The van der Waals surface area contributed by atoms with Gasteiger partial charge in [-0.3, -0.25) is 0 Å². The van der Waals surface area contributed by atoms with Crippen LogP contribution < -0.4 is 11.3 Å². The summed E-state index contributed by atoms with van der Waals surface area (Å²) in [5.74, 6) is -0.337. The molecule has 3 nitrogen and oxygen atoms in total. The van der Waals surface area contributed by atoms with E-state index in [9.17, 15) is 4.39 Å². The van der Waals surface area contributed by atoms with E-state index < -0.39 is 0 Å². The number of hydrogen-bond acceptors (Lipinski definition) is 3. The Hall–Kier alpha value is -2.24. The highest BCUT2D eigenvalue weighted by molar-refractivity contribution is 7.80. The molecule has 2 aromatic carbocycles. The second-order valence-corrected chi connectivity index (χ2v) is 5.93. The summed E-state index contributed by atoms with van der Waals surface area (Å²) in [5, 5.41) is 1.33. The van der Waals surface area contributed by atoms with Crippen molar-refractivity contribution in [1.82, 2.24) is 0 Å². The van der Waals surface area contributed by atoms with Crippen LogP contribution in [0.3, 0.4) is 0 Å². The van der Waals surface area contributed by atoms with Crippen molar-refractivity contribution in [3.63, 3.8) is 0 Å². The minimum atomic E-state index is -0.337. The Morgan fingerprint density at radius 2 is 2.00 bits per heavy atom. The van der Waals surface area contributed by atoms with Crippen molar-refractivity contribution >= 4 is 45.5 Å². The van der Waals surface area contributed by atoms with Gasteiger partial charge in [-0.25, -0.2) is 9.38 Å². The summed E-state index contributed by atoms with van der Waals surface area (Å²) in [6.45, 7) is 1.68. The molecule has 0 fully saturated rings. The molecule has 0 unspecified atom stereocenters. The van der Waals surface area contributed by atoms with Gasteiger partial charge in [-0.15, -0.1) is 0 Å². The van der Waals surface area contributed by atoms with Crippen LogP contribution in [0, 0.1) is 12.7 Å². The molecule has 0 radical (unpaired) electrons. The molecule has 0 bridgehead atoms. The molecule has 116 valence electrons. The molecule has 0 atom stereocenters. The third-order valence-corrected chi connectivity index (χ3v) is 3.82. The molecule has 0 amide bonds. The van der Waals surface area contributed by atoms with E-state index in [1.807, 2.05) is 0 Å². The van der Waals surface area contributed by atoms with Gasteiger partial charge in [0.25, 0.3) is 0 Å². The van der Waals surface area contributed by atoms with Gasteiger partial charge in [0.2, 0.25) is 5.55 Å². The van der Waals surface area contributed by atoms with Gasteiger partial charge in [0.15, 0.2) is 0 Å². The van der Waals surface area contributed by atoms with Gasteiger partial charge in [-0.1, -0.05) is 29.9 Å². The van der Waals surface area contributed by atoms with E-state index in [2.05, 4.69) is 4.99 Å². The summed E-state index contributed by atoms with van der Waals surface area (Å²) >= 11 is 11.0. The molecule has 0 saturated heterocycles. The first-order valence-electron chi connectivity index (χ1n) is 6.78. The van der Waals surface area contributed by atoms with Crippen LogP contribution in [0.15, 0.2) is 51.9 Å². The summed E-state index contributed by atoms with van der Waals surface area (Å²) < 4.78 is 19.5. The third kappa shape index (κ3) is 3.25. The normalized spacial score (nSPS) is 11.9. The van der Waals surface area contributed by atoms with Gasteiger partial charge in [-0.2, -0.15) is 0 Å². The van der Waals surface area contributed by atoms with Gasteiger partial charge in [0.05, 0.1) is 11.3 Å². The number of halogens is 2. The van der Waals surface area contributed by atoms with Gasteiger partial charge >= 0.3 is 0 Å². The van der Waals surface area contributed by atoms with Crippen LogP contribution in [0.4, 0.5) is 10.1 Å². The number of rotatable bonds is 2. The average Bonchev–Trinajstić information content (AvgIpc) is 2.50. The minimum absolute atomic E-state index is 0.141. The predicted molar refractivity (Wildman–Crippen MR) is 93.5 cm³/mol. The highest BCUT2D eigenvalue weighted by Gasteiger charge is 2.08. The Morgan fingerprint density at radius 3 is 2.70 bits per heavy atom. The van der Waals surface area contributed by atoms with Crippen molar-refractivity contribution < 1.29 is 8.81 Å². The van der Waals surface area contributed by atoms with Crippen molar-refractivity contribution in [2.75, 3.05) is 0 Å². The molecule has 1 aromatic heterocycles. The lowest BCUT2D eigenvalue weighted by atomic mass is 10.2. The summed E-state index contributed by atoms with van der Waals surface area (Å²) in [5.41, 5.74) is 8.00. The lowest BCUT2D eigenvalue weighted by Crippen LogP contribution is -2.20. The maximum absolute atomic E-state index is 13.7. The Bertz CT molecular complexity index is 998. The van der Waals surface area contributed by atoms with Crippen LogP contribution >= 0.6 is 23.8 Å². The minimum Gasteiger partial charge on any atom is -0.438 e. The molecule has 1 heterocycles. The summed E-state index contributed by atoms with van der Waals surface area (Å²) in [4.78, 5) is 4.47. The van der Waals surface area contributed by atoms with Crippen molar-refractivity contribution in [1.29, 1.82) is 0 Å². The van der Waals surface area contributed by atoms with Gasteiger partial charge in [-0.05, 0) is 48.9 Å². The van der Waals surface area contributed by atoms with Crippen LogP contribution in [0.5, 0.6) is 0 Å². The fourth-order valence-corrected chi connectivity index (χ4v) is 2.46. The van der Waals surface area contributed by atoms with Crippen molar-refractivity contribution in [2.45, 2.75) is 6.92 Å².